The minimum absolute atomic E-state index is 0.0424. The average molecular weight is 303 g/mol. The maximum atomic E-state index is 12.2. The van der Waals surface area contributed by atoms with Gasteiger partial charge in [0, 0.05) is 12.1 Å². The topological polar surface area (TPSA) is 38.3 Å². The zero-order valence-electron chi connectivity index (χ0n) is 14.2. The van der Waals surface area contributed by atoms with E-state index in [9.17, 15) is 4.79 Å². The van der Waals surface area contributed by atoms with Crippen LogP contribution in [0.2, 0.25) is 0 Å². The molecule has 3 heteroatoms. The Morgan fingerprint density at radius 3 is 2.68 bits per heavy atom. The van der Waals surface area contributed by atoms with Crippen molar-refractivity contribution in [2.45, 2.75) is 58.9 Å². The average Bonchev–Trinajstić information content (AvgIpc) is 2.56. The molecule has 122 valence electrons. The van der Waals surface area contributed by atoms with Gasteiger partial charge in [-0.05, 0) is 37.5 Å². The van der Waals surface area contributed by atoms with Crippen LogP contribution in [0.3, 0.4) is 0 Å². The number of hydrogen-bond donors (Lipinski definition) is 1. The number of unbranched alkanes of at least 4 members (excludes halogenated alkanes) is 4. The Labute approximate surface area is 134 Å². The van der Waals surface area contributed by atoms with Crippen LogP contribution in [0.1, 0.15) is 57.9 Å². The van der Waals surface area contributed by atoms with Crippen molar-refractivity contribution >= 4 is 5.91 Å². The molecular weight excluding hydrogens is 274 g/mol. The van der Waals surface area contributed by atoms with Gasteiger partial charge in [-0.25, -0.2) is 0 Å². The van der Waals surface area contributed by atoms with Crippen LogP contribution < -0.4 is 10.1 Å². The summed E-state index contributed by atoms with van der Waals surface area (Å²) in [6.45, 7) is 4.68. The van der Waals surface area contributed by atoms with E-state index in [4.69, 9.17) is 4.74 Å². The van der Waals surface area contributed by atoms with E-state index in [1.54, 1.807) is 7.11 Å². The highest BCUT2D eigenvalue weighted by Gasteiger charge is 2.08. The lowest BCUT2D eigenvalue weighted by atomic mass is 10.0. The van der Waals surface area contributed by atoms with Crippen molar-refractivity contribution in [3.05, 3.63) is 41.5 Å². The first kappa shape index (κ1) is 18.3. The third kappa shape index (κ3) is 6.79. The molecule has 3 nitrogen and oxygen atoms in total. The van der Waals surface area contributed by atoms with Crippen molar-refractivity contribution in [1.29, 1.82) is 0 Å². The number of amides is 1. The first-order valence-corrected chi connectivity index (χ1v) is 8.27. The van der Waals surface area contributed by atoms with E-state index in [0.717, 1.165) is 29.7 Å². The first-order valence-electron chi connectivity index (χ1n) is 8.27. The van der Waals surface area contributed by atoms with E-state index in [2.05, 4.69) is 12.2 Å². The zero-order chi connectivity index (χ0) is 16.2. The number of benzene rings is 1. The van der Waals surface area contributed by atoms with E-state index in [0.29, 0.717) is 6.54 Å². The van der Waals surface area contributed by atoms with E-state index in [-0.39, 0.29) is 5.91 Å². The fourth-order valence-corrected chi connectivity index (χ4v) is 2.39. The van der Waals surface area contributed by atoms with Gasteiger partial charge in [-0.3, -0.25) is 4.79 Å². The molecule has 1 aromatic rings. The predicted molar refractivity (Wildman–Crippen MR) is 92.0 cm³/mol. The van der Waals surface area contributed by atoms with Crippen LogP contribution in [-0.2, 0) is 11.3 Å². The number of rotatable bonds is 10. The second-order valence-corrected chi connectivity index (χ2v) is 5.51. The molecule has 0 unspecified atom stereocenters. The van der Waals surface area contributed by atoms with Gasteiger partial charge in [0.25, 0.3) is 0 Å². The van der Waals surface area contributed by atoms with Crippen LogP contribution in [0.4, 0.5) is 0 Å². The monoisotopic (exact) mass is 303 g/mol. The Morgan fingerprint density at radius 1 is 1.23 bits per heavy atom. The van der Waals surface area contributed by atoms with Crippen molar-refractivity contribution in [3.8, 4) is 5.75 Å². The van der Waals surface area contributed by atoms with Crippen LogP contribution in [0.15, 0.2) is 35.9 Å². The first-order chi connectivity index (χ1) is 10.7. The molecule has 0 atom stereocenters. The van der Waals surface area contributed by atoms with Crippen LogP contribution in [0, 0.1) is 0 Å². The number of carbonyl (C=O) groups excluding carboxylic acids is 1. The summed E-state index contributed by atoms with van der Waals surface area (Å²) in [5, 5.41) is 2.99. The lowest BCUT2D eigenvalue weighted by Crippen LogP contribution is -2.24. The fraction of sp³-hybridized carbons (Fsp3) is 0.526. The van der Waals surface area contributed by atoms with Crippen LogP contribution >= 0.6 is 0 Å². The van der Waals surface area contributed by atoms with Crippen molar-refractivity contribution in [1.82, 2.24) is 5.32 Å². The molecule has 0 aliphatic carbocycles. The lowest BCUT2D eigenvalue weighted by molar-refractivity contribution is -0.117. The van der Waals surface area contributed by atoms with Gasteiger partial charge in [0.05, 0.1) is 7.11 Å². The highest BCUT2D eigenvalue weighted by molar-refractivity contribution is 5.93. The molecule has 22 heavy (non-hydrogen) atoms. The van der Waals surface area contributed by atoms with E-state index in [1.807, 2.05) is 37.3 Å². The maximum Gasteiger partial charge on any atom is 0.247 e. The Kier molecular flexibility index (Phi) is 9.04. The molecule has 0 aliphatic rings. The molecular formula is C19H29NO2. The number of hydrogen-bond acceptors (Lipinski definition) is 2. The van der Waals surface area contributed by atoms with Crippen LogP contribution in [0.25, 0.3) is 0 Å². The van der Waals surface area contributed by atoms with Crippen molar-refractivity contribution in [3.63, 3.8) is 0 Å². The third-order valence-corrected chi connectivity index (χ3v) is 3.78. The molecule has 0 aliphatic heterocycles. The SMILES string of the molecule is CC=C(CCCCCCC)C(=O)NCc1cccc(OC)c1. The maximum absolute atomic E-state index is 12.2. The Morgan fingerprint density at radius 2 is 2.00 bits per heavy atom. The molecule has 0 radical (unpaired) electrons. The molecule has 0 spiro atoms. The van der Waals surface area contributed by atoms with Gasteiger partial charge in [-0.2, -0.15) is 0 Å². The van der Waals surface area contributed by atoms with Gasteiger partial charge in [-0.1, -0.05) is 50.8 Å². The van der Waals surface area contributed by atoms with E-state index >= 15 is 0 Å². The molecule has 0 saturated carbocycles. The molecule has 0 aromatic heterocycles. The number of methoxy groups -OCH3 is 1. The molecule has 1 rings (SSSR count). The van der Waals surface area contributed by atoms with Gasteiger partial charge in [-0.15, -0.1) is 0 Å². The summed E-state index contributed by atoms with van der Waals surface area (Å²) in [6, 6.07) is 7.77. The molecule has 0 fully saturated rings. The smallest absolute Gasteiger partial charge is 0.247 e. The van der Waals surface area contributed by atoms with Gasteiger partial charge < -0.3 is 10.1 Å². The number of carbonyl (C=O) groups is 1. The summed E-state index contributed by atoms with van der Waals surface area (Å²) >= 11 is 0. The van der Waals surface area contributed by atoms with E-state index < -0.39 is 0 Å². The summed E-state index contributed by atoms with van der Waals surface area (Å²) < 4.78 is 5.19. The van der Waals surface area contributed by atoms with Crippen molar-refractivity contribution in [2.24, 2.45) is 0 Å². The van der Waals surface area contributed by atoms with Gasteiger partial charge in [0.2, 0.25) is 5.91 Å². The minimum Gasteiger partial charge on any atom is -0.497 e. The highest BCUT2D eigenvalue weighted by Crippen LogP contribution is 2.14. The zero-order valence-corrected chi connectivity index (χ0v) is 14.2. The summed E-state index contributed by atoms with van der Waals surface area (Å²) in [7, 11) is 1.65. The molecule has 0 saturated heterocycles. The summed E-state index contributed by atoms with van der Waals surface area (Å²) in [4.78, 5) is 12.2. The fourth-order valence-electron chi connectivity index (χ4n) is 2.39. The number of ether oxygens (including phenoxy) is 1. The second-order valence-electron chi connectivity index (χ2n) is 5.51. The number of allylic oxidation sites excluding steroid dienone is 1. The predicted octanol–water partition coefficient (Wildman–Crippen LogP) is 4.62. The normalized spacial score (nSPS) is 11.3. The Balaban J connectivity index is 2.38. The van der Waals surface area contributed by atoms with Crippen LogP contribution in [-0.4, -0.2) is 13.0 Å². The highest BCUT2D eigenvalue weighted by atomic mass is 16.5. The van der Waals surface area contributed by atoms with Gasteiger partial charge in [0.1, 0.15) is 5.75 Å². The Bertz CT molecular complexity index is 480. The third-order valence-electron chi connectivity index (χ3n) is 3.78. The molecule has 1 aromatic carbocycles. The Hall–Kier alpha value is -1.77. The lowest BCUT2D eigenvalue weighted by Gasteiger charge is -2.09. The van der Waals surface area contributed by atoms with Crippen molar-refractivity contribution in [2.75, 3.05) is 7.11 Å². The van der Waals surface area contributed by atoms with Gasteiger partial charge >= 0.3 is 0 Å². The minimum atomic E-state index is 0.0424. The second kappa shape index (κ2) is 10.9. The molecule has 0 bridgehead atoms. The summed E-state index contributed by atoms with van der Waals surface area (Å²) in [5.74, 6) is 0.856. The summed E-state index contributed by atoms with van der Waals surface area (Å²) in [5.41, 5.74) is 1.94. The quantitative estimate of drug-likeness (QED) is 0.506. The van der Waals surface area contributed by atoms with Crippen LogP contribution in [0.5, 0.6) is 5.75 Å². The molecule has 1 N–H and O–H groups in total. The number of nitrogens with one attached hydrogen (secondary N) is 1. The summed E-state index contributed by atoms with van der Waals surface area (Å²) in [6.07, 6.45) is 8.88. The largest absolute Gasteiger partial charge is 0.497 e. The van der Waals surface area contributed by atoms with E-state index in [1.165, 1.54) is 25.7 Å². The molecule has 0 heterocycles. The van der Waals surface area contributed by atoms with Crippen molar-refractivity contribution < 1.29 is 9.53 Å². The standard InChI is InChI=1S/C19H29NO2/c1-4-6-7-8-9-12-17(5-2)19(21)20-15-16-11-10-13-18(14-16)22-3/h5,10-11,13-14H,4,6-9,12,15H2,1-3H3,(H,20,21). The van der Waals surface area contributed by atoms with Gasteiger partial charge in [0.15, 0.2) is 0 Å². The molecule has 1 amide bonds.